The Morgan fingerprint density at radius 2 is 2.10 bits per heavy atom. The summed E-state index contributed by atoms with van der Waals surface area (Å²) in [6.45, 7) is 0.793. The van der Waals surface area contributed by atoms with Gasteiger partial charge < -0.3 is 4.74 Å². The van der Waals surface area contributed by atoms with Gasteiger partial charge in [0.05, 0.1) is 0 Å². The van der Waals surface area contributed by atoms with Crippen LogP contribution in [0.4, 0.5) is 0 Å². The number of nitrogens with zero attached hydrogens (tertiary/aromatic N) is 4. The van der Waals surface area contributed by atoms with E-state index in [1.165, 1.54) is 6.42 Å². The first-order valence-corrected chi connectivity index (χ1v) is 7.29. The standard InChI is InChI=1S/C16H16N4O/c1-2-10-21-14(7-1)20-16-13(6-4-9-18-16)15(19-20)12-5-3-8-17-11-12/h3-6,8-9,11,14H,1-2,7,10H2. The van der Waals surface area contributed by atoms with E-state index < -0.39 is 0 Å². The lowest BCUT2D eigenvalue weighted by atomic mass is 10.1. The number of hydrogen-bond donors (Lipinski definition) is 0. The zero-order chi connectivity index (χ0) is 14.1. The van der Waals surface area contributed by atoms with Crippen molar-refractivity contribution in [2.24, 2.45) is 0 Å². The molecule has 0 N–H and O–H groups in total. The van der Waals surface area contributed by atoms with Crippen LogP contribution in [0.1, 0.15) is 25.5 Å². The minimum absolute atomic E-state index is 0.0124. The van der Waals surface area contributed by atoms with Crippen LogP contribution in [0.25, 0.3) is 22.3 Å². The van der Waals surface area contributed by atoms with Gasteiger partial charge in [0.1, 0.15) is 5.69 Å². The molecule has 4 heterocycles. The lowest BCUT2D eigenvalue weighted by Gasteiger charge is -2.22. The van der Waals surface area contributed by atoms with Crippen LogP contribution in [0.5, 0.6) is 0 Å². The van der Waals surface area contributed by atoms with Gasteiger partial charge in [-0.05, 0) is 43.5 Å². The molecule has 5 nitrogen and oxygen atoms in total. The van der Waals surface area contributed by atoms with Crippen molar-refractivity contribution in [3.05, 3.63) is 42.9 Å². The Morgan fingerprint density at radius 1 is 1.14 bits per heavy atom. The molecule has 1 aliphatic heterocycles. The molecule has 21 heavy (non-hydrogen) atoms. The smallest absolute Gasteiger partial charge is 0.161 e. The number of fused-ring (bicyclic) bond motifs is 1. The van der Waals surface area contributed by atoms with E-state index in [9.17, 15) is 0 Å². The van der Waals surface area contributed by atoms with Crippen LogP contribution < -0.4 is 0 Å². The highest BCUT2D eigenvalue weighted by atomic mass is 16.5. The number of aromatic nitrogens is 4. The van der Waals surface area contributed by atoms with Crippen LogP contribution in [0.15, 0.2) is 42.9 Å². The summed E-state index contributed by atoms with van der Waals surface area (Å²) in [4.78, 5) is 8.69. The van der Waals surface area contributed by atoms with Crippen molar-refractivity contribution in [3.8, 4) is 11.3 Å². The largest absolute Gasteiger partial charge is 0.356 e. The van der Waals surface area contributed by atoms with Gasteiger partial charge in [0, 0.05) is 36.1 Å². The Bertz CT molecular complexity index is 747. The Labute approximate surface area is 122 Å². The fourth-order valence-electron chi connectivity index (χ4n) is 2.81. The van der Waals surface area contributed by atoms with Crippen molar-refractivity contribution in [1.82, 2.24) is 19.7 Å². The molecule has 0 bridgehead atoms. The summed E-state index contributed by atoms with van der Waals surface area (Å²) in [5.41, 5.74) is 2.80. The van der Waals surface area contributed by atoms with E-state index >= 15 is 0 Å². The molecule has 4 rings (SSSR count). The molecule has 3 aromatic heterocycles. The van der Waals surface area contributed by atoms with Gasteiger partial charge in [0.2, 0.25) is 0 Å². The van der Waals surface area contributed by atoms with Crippen molar-refractivity contribution < 1.29 is 4.74 Å². The maximum atomic E-state index is 5.87. The number of pyridine rings is 2. The minimum Gasteiger partial charge on any atom is -0.356 e. The molecule has 0 spiro atoms. The van der Waals surface area contributed by atoms with Crippen molar-refractivity contribution in [3.63, 3.8) is 0 Å². The van der Waals surface area contributed by atoms with Gasteiger partial charge in [-0.3, -0.25) is 4.98 Å². The van der Waals surface area contributed by atoms with E-state index in [1.807, 2.05) is 29.1 Å². The van der Waals surface area contributed by atoms with Crippen LogP contribution in [0.3, 0.4) is 0 Å². The summed E-state index contributed by atoms with van der Waals surface area (Å²) in [6, 6.07) is 7.94. The van der Waals surface area contributed by atoms with Crippen molar-refractivity contribution in [1.29, 1.82) is 0 Å². The molecule has 1 fully saturated rings. The molecule has 0 aromatic carbocycles. The van der Waals surface area contributed by atoms with Crippen molar-refractivity contribution >= 4 is 11.0 Å². The first-order valence-electron chi connectivity index (χ1n) is 7.29. The number of ether oxygens (including phenoxy) is 1. The predicted octanol–water partition coefficient (Wildman–Crippen LogP) is 3.19. The normalized spacial score (nSPS) is 19.0. The molecule has 106 valence electrons. The predicted molar refractivity (Wildman–Crippen MR) is 79.6 cm³/mol. The van der Waals surface area contributed by atoms with Crippen LogP contribution in [0, 0.1) is 0 Å². The first kappa shape index (κ1) is 12.5. The van der Waals surface area contributed by atoms with Crippen LogP contribution in [0.2, 0.25) is 0 Å². The van der Waals surface area contributed by atoms with Crippen LogP contribution in [-0.4, -0.2) is 26.4 Å². The first-order chi connectivity index (χ1) is 10.4. The summed E-state index contributed by atoms with van der Waals surface area (Å²) in [7, 11) is 0. The molecule has 0 saturated carbocycles. The van der Waals surface area contributed by atoms with Gasteiger partial charge in [-0.25, -0.2) is 9.67 Å². The van der Waals surface area contributed by atoms with E-state index in [1.54, 1.807) is 12.4 Å². The van der Waals surface area contributed by atoms with Crippen LogP contribution >= 0.6 is 0 Å². The van der Waals surface area contributed by atoms with Gasteiger partial charge in [0.15, 0.2) is 11.9 Å². The Morgan fingerprint density at radius 3 is 2.90 bits per heavy atom. The molecule has 3 aromatic rings. The number of rotatable bonds is 2. The maximum absolute atomic E-state index is 5.87. The molecule has 1 unspecified atom stereocenters. The molecule has 1 atom stereocenters. The summed E-state index contributed by atoms with van der Waals surface area (Å²) < 4.78 is 7.79. The monoisotopic (exact) mass is 280 g/mol. The third-order valence-electron chi connectivity index (χ3n) is 3.83. The summed E-state index contributed by atoms with van der Waals surface area (Å²) >= 11 is 0. The van der Waals surface area contributed by atoms with Crippen molar-refractivity contribution in [2.75, 3.05) is 6.61 Å². The summed E-state index contributed by atoms with van der Waals surface area (Å²) in [5.74, 6) is 0. The van der Waals surface area contributed by atoms with Gasteiger partial charge in [-0.15, -0.1) is 0 Å². The second kappa shape index (κ2) is 5.26. The molecule has 1 aliphatic rings. The SMILES string of the molecule is c1cncc(-c2nn(C3CCCCO3)c3ncccc23)c1. The molecule has 0 radical (unpaired) electrons. The zero-order valence-electron chi connectivity index (χ0n) is 11.6. The third-order valence-corrected chi connectivity index (χ3v) is 3.83. The lowest BCUT2D eigenvalue weighted by molar-refractivity contribution is -0.0368. The summed E-state index contributed by atoms with van der Waals surface area (Å²) in [6.07, 6.45) is 8.67. The summed E-state index contributed by atoms with van der Waals surface area (Å²) in [5, 5.41) is 5.81. The zero-order valence-corrected chi connectivity index (χ0v) is 11.6. The fraction of sp³-hybridized carbons (Fsp3) is 0.312. The average molecular weight is 280 g/mol. The van der Waals surface area contributed by atoms with Crippen LogP contribution in [-0.2, 0) is 4.74 Å². The van der Waals surface area contributed by atoms with E-state index in [-0.39, 0.29) is 6.23 Å². The van der Waals surface area contributed by atoms with E-state index in [4.69, 9.17) is 9.84 Å². The van der Waals surface area contributed by atoms with Gasteiger partial charge in [0.25, 0.3) is 0 Å². The highest BCUT2D eigenvalue weighted by Crippen LogP contribution is 2.31. The fourth-order valence-corrected chi connectivity index (χ4v) is 2.81. The minimum atomic E-state index is -0.0124. The highest BCUT2D eigenvalue weighted by molar-refractivity contribution is 5.90. The Balaban J connectivity index is 1.88. The number of hydrogen-bond acceptors (Lipinski definition) is 4. The molecular weight excluding hydrogens is 264 g/mol. The van der Waals surface area contributed by atoms with E-state index in [0.29, 0.717) is 0 Å². The topological polar surface area (TPSA) is 52.8 Å². The second-order valence-corrected chi connectivity index (χ2v) is 5.23. The molecule has 0 aliphatic carbocycles. The maximum Gasteiger partial charge on any atom is 0.161 e. The second-order valence-electron chi connectivity index (χ2n) is 5.23. The highest BCUT2D eigenvalue weighted by Gasteiger charge is 2.22. The molecule has 5 heteroatoms. The van der Waals surface area contributed by atoms with Gasteiger partial charge in [-0.1, -0.05) is 0 Å². The van der Waals surface area contributed by atoms with Gasteiger partial charge in [-0.2, -0.15) is 5.10 Å². The third kappa shape index (κ3) is 2.19. The van der Waals surface area contributed by atoms with E-state index in [0.717, 1.165) is 41.7 Å². The quantitative estimate of drug-likeness (QED) is 0.723. The Hall–Kier alpha value is -2.27. The van der Waals surface area contributed by atoms with E-state index in [2.05, 4.69) is 16.0 Å². The molecular formula is C16H16N4O. The van der Waals surface area contributed by atoms with Crippen molar-refractivity contribution in [2.45, 2.75) is 25.5 Å². The average Bonchev–Trinajstić information content (AvgIpc) is 2.96. The molecule has 1 saturated heterocycles. The molecule has 0 amide bonds. The Kier molecular flexibility index (Phi) is 3.12. The van der Waals surface area contributed by atoms with Gasteiger partial charge >= 0.3 is 0 Å². The lowest BCUT2D eigenvalue weighted by Crippen LogP contribution is -2.19.